The second kappa shape index (κ2) is 5.83. The number of carbonyl (C=O) groups is 1. The summed E-state index contributed by atoms with van der Waals surface area (Å²) < 4.78 is 29.0. The molecule has 1 spiro atoms. The van der Waals surface area contributed by atoms with Crippen LogP contribution in [-0.4, -0.2) is 50.4 Å². The Balaban J connectivity index is 2.07. The number of hydrogen-bond acceptors (Lipinski definition) is 2. The maximum Gasteiger partial charge on any atom is 0.407 e. The summed E-state index contributed by atoms with van der Waals surface area (Å²) in [6.45, 7) is 6.53. The average Bonchev–Trinajstić information content (AvgIpc) is 2.64. The Hall–Kier alpha value is -0.690. The molecule has 0 aromatic rings. The Morgan fingerprint density at radius 1 is 1.38 bits per heavy atom. The molecule has 1 heterocycles. The molecule has 122 valence electrons. The van der Waals surface area contributed by atoms with Gasteiger partial charge in [-0.1, -0.05) is 0 Å². The highest BCUT2D eigenvalue weighted by atomic mass is 32.2. The van der Waals surface area contributed by atoms with E-state index in [-0.39, 0.29) is 11.5 Å². The monoisotopic (exact) mass is 320 g/mol. The average molecular weight is 320 g/mol. The Morgan fingerprint density at radius 2 is 1.95 bits per heavy atom. The number of likely N-dealkylation sites (tertiary alicyclic amines) is 1. The zero-order chi connectivity index (χ0) is 15.8. The second-order valence-electron chi connectivity index (χ2n) is 7.22. The van der Waals surface area contributed by atoms with Gasteiger partial charge in [-0.3, -0.25) is 0 Å². The molecule has 5 nitrogen and oxygen atoms in total. The van der Waals surface area contributed by atoms with Gasteiger partial charge in [-0.25, -0.2) is 18.1 Å². The van der Waals surface area contributed by atoms with Crippen LogP contribution in [0, 0.1) is 5.41 Å². The summed E-state index contributed by atoms with van der Waals surface area (Å²) in [7, 11) is -1.23. The Labute approximate surface area is 127 Å². The third-order valence-electron chi connectivity index (χ3n) is 4.69. The first-order chi connectivity index (χ1) is 9.64. The van der Waals surface area contributed by atoms with Crippen molar-refractivity contribution in [1.82, 2.24) is 9.62 Å². The van der Waals surface area contributed by atoms with Gasteiger partial charge in [0.15, 0.2) is 0 Å². The molecule has 0 aromatic carbocycles. The fourth-order valence-electron chi connectivity index (χ4n) is 3.35. The molecule has 2 aliphatic rings. The van der Waals surface area contributed by atoms with E-state index in [0.29, 0.717) is 38.8 Å². The fourth-order valence-corrected chi connectivity index (χ4v) is 4.31. The number of piperidine rings is 1. The molecule has 1 saturated carbocycles. The minimum Gasteiger partial charge on any atom is -0.465 e. The van der Waals surface area contributed by atoms with Crippen LogP contribution in [0.5, 0.6) is 0 Å². The number of amides is 1. The molecular weight excluding hydrogens is 295 g/mol. The Bertz CT molecular complexity index is 430. The number of carboxylic acid groups (broad SMARTS) is 1. The standard InChI is InChI=1S/C14H25FN2O3S/c1-13(2,3)21(20)16-11-8-10(15)9-14(11)4-6-17(7-5-14)12(18)19/h10-11,16H,4-9H2,1-3H3,(H,18,19)/t10-,11-,21?/m1/s1. The Morgan fingerprint density at radius 3 is 2.43 bits per heavy atom. The first kappa shape index (κ1) is 16.7. The molecule has 1 aliphatic carbocycles. The summed E-state index contributed by atoms with van der Waals surface area (Å²) in [5.41, 5.74) is -0.258. The van der Waals surface area contributed by atoms with Crippen molar-refractivity contribution in [2.24, 2.45) is 5.41 Å². The molecule has 0 radical (unpaired) electrons. The summed E-state index contributed by atoms with van der Waals surface area (Å²) in [5, 5.41) is 9.03. The summed E-state index contributed by atoms with van der Waals surface area (Å²) in [4.78, 5) is 12.4. The van der Waals surface area contributed by atoms with E-state index in [2.05, 4.69) is 4.72 Å². The molecule has 1 amide bonds. The van der Waals surface area contributed by atoms with Crippen molar-refractivity contribution in [1.29, 1.82) is 0 Å². The van der Waals surface area contributed by atoms with Crippen molar-refractivity contribution in [3.63, 3.8) is 0 Å². The molecule has 3 atom stereocenters. The van der Waals surface area contributed by atoms with Gasteiger partial charge in [0.2, 0.25) is 0 Å². The molecule has 1 aliphatic heterocycles. The van der Waals surface area contributed by atoms with E-state index in [1.165, 1.54) is 4.90 Å². The van der Waals surface area contributed by atoms with E-state index in [1.54, 1.807) is 0 Å². The number of nitrogens with zero attached hydrogens (tertiary/aromatic N) is 1. The summed E-state index contributed by atoms with van der Waals surface area (Å²) >= 11 is 0. The molecule has 0 aromatic heterocycles. The molecule has 1 unspecified atom stereocenters. The SMILES string of the molecule is CC(C)(C)S(=O)N[C@@H]1C[C@@H](F)CC12CCN(C(=O)O)CC2. The van der Waals surface area contributed by atoms with Gasteiger partial charge >= 0.3 is 6.09 Å². The molecule has 1 saturated heterocycles. The van der Waals surface area contributed by atoms with Gasteiger partial charge in [0.05, 0.1) is 15.7 Å². The van der Waals surface area contributed by atoms with E-state index in [0.717, 1.165) is 0 Å². The quantitative estimate of drug-likeness (QED) is 0.820. The van der Waals surface area contributed by atoms with Crippen molar-refractivity contribution in [3.05, 3.63) is 0 Å². The molecule has 2 fully saturated rings. The topological polar surface area (TPSA) is 69.6 Å². The van der Waals surface area contributed by atoms with E-state index >= 15 is 0 Å². The van der Waals surface area contributed by atoms with E-state index < -0.39 is 28.0 Å². The van der Waals surface area contributed by atoms with Gasteiger partial charge in [-0.15, -0.1) is 0 Å². The van der Waals surface area contributed by atoms with Gasteiger partial charge in [-0.2, -0.15) is 0 Å². The van der Waals surface area contributed by atoms with Gasteiger partial charge in [-0.05, 0) is 51.9 Å². The number of nitrogens with one attached hydrogen (secondary N) is 1. The number of hydrogen-bond donors (Lipinski definition) is 2. The van der Waals surface area contributed by atoms with Crippen molar-refractivity contribution >= 4 is 17.1 Å². The fraction of sp³-hybridized carbons (Fsp3) is 0.929. The molecule has 2 N–H and O–H groups in total. The van der Waals surface area contributed by atoms with Crippen LogP contribution in [0.15, 0.2) is 0 Å². The molecule has 21 heavy (non-hydrogen) atoms. The lowest BCUT2D eigenvalue weighted by molar-refractivity contribution is 0.0780. The largest absolute Gasteiger partial charge is 0.465 e. The smallest absolute Gasteiger partial charge is 0.407 e. The number of alkyl halides is 1. The van der Waals surface area contributed by atoms with Gasteiger partial charge in [0.25, 0.3) is 0 Å². The van der Waals surface area contributed by atoms with Crippen molar-refractivity contribution in [2.45, 2.75) is 63.4 Å². The maximum absolute atomic E-state index is 13.9. The van der Waals surface area contributed by atoms with Crippen LogP contribution < -0.4 is 4.72 Å². The van der Waals surface area contributed by atoms with Crippen molar-refractivity contribution < 1.29 is 18.5 Å². The zero-order valence-electron chi connectivity index (χ0n) is 12.9. The highest BCUT2D eigenvalue weighted by molar-refractivity contribution is 7.84. The lowest BCUT2D eigenvalue weighted by atomic mass is 9.74. The van der Waals surface area contributed by atoms with Gasteiger partial charge in [0.1, 0.15) is 6.17 Å². The Kier molecular flexibility index (Phi) is 4.63. The minimum absolute atomic E-state index is 0.136. The first-order valence-corrected chi connectivity index (χ1v) is 8.59. The van der Waals surface area contributed by atoms with Crippen LogP contribution >= 0.6 is 0 Å². The first-order valence-electron chi connectivity index (χ1n) is 7.44. The zero-order valence-corrected chi connectivity index (χ0v) is 13.7. The lowest BCUT2D eigenvalue weighted by Crippen LogP contribution is -2.51. The molecular formula is C14H25FN2O3S. The van der Waals surface area contributed by atoms with E-state index in [1.807, 2.05) is 20.8 Å². The normalized spacial score (nSPS) is 30.6. The van der Waals surface area contributed by atoms with Crippen LogP contribution in [0.4, 0.5) is 9.18 Å². The summed E-state index contributed by atoms with van der Waals surface area (Å²) in [6, 6.07) is -0.136. The summed E-state index contributed by atoms with van der Waals surface area (Å²) in [6.07, 6.45) is 0.282. The third-order valence-corrected chi connectivity index (χ3v) is 6.30. The third kappa shape index (κ3) is 3.56. The van der Waals surface area contributed by atoms with Crippen LogP contribution in [0.3, 0.4) is 0 Å². The van der Waals surface area contributed by atoms with Crippen LogP contribution in [0.1, 0.15) is 46.5 Å². The molecule has 7 heteroatoms. The van der Waals surface area contributed by atoms with Gasteiger partial charge in [0, 0.05) is 19.1 Å². The maximum atomic E-state index is 13.9. The van der Waals surface area contributed by atoms with Crippen molar-refractivity contribution in [3.8, 4) is 0 Å². The molecule has 0 bridgehead atoms. The van der Waals surface area contributed by atoms with Crippen LogP contribution in [0.2, 0.25) is 0 Å². The predicted molar refractivity (Wildman–Crippen MR) is 80.2 cm³/mol. The lowest BCUT2D eigenvalue weighted by Gasteiger charge is -2.42. The van der Waals surface area contributed by atoms with Gasteiger partial charge < -0.3 is 10.0 Å². The van der Waals surface area contributed by atoms with Crippen molar-refractivity contribution in [2.75, 3.05) is 13.1 Å². The van der Waals surface area contributed by atoms with E-state index in [9.17, 15) is 13.4 Å². The number of halogens is 1. The van der Waals surface area contributed by atoms with Crippen LogP contribution in [0.25, 0.3) is 0 Å². The number of rotatable bonds is 2. The van der Waals surface area contributed by atoms with Crippen LogP contribution in [-0.2, 0) is 11.0 Å². The predicted octanol–water partition coefficient (Wildman–Crippen LogP) is 2.30. The summed E-state index contributed by atoms with van der Waals surface area (Å²) in [5.74, 6) is 0. The van der Waals surface area contributed by atoms with E-state index in [4.69, 9.17) is 5.11 Å². The highest BCUT2D eigenvalue weighted by Crippen LogP contribution is 2.47. The highest BCUT2D eigenvalue weighted by Gasteiger charge is 2.50. The second-order valence-corrected chi connectivity index (χ2v) is 9.22. The minimum atomic E-state index is -1.23. The molecule has 2 rings (SSSR count).